The summed E-state index contributed by atoms with van der Waals surface area (Å²) < 4.78 is 42.0. The van der Waals surface area contributed by atoms with E-state index < -0.39 is 11.6 Å². The van der Waals surface area contributed by atoms with Crippen LogP contribution in [0, 0.1) is 0 Å². The van der Waals surface area contributed by atoms with Gasteiger partial charge in [-0.3, -0.25) is 14.2 Å². The van der Waals surface area contributed by atoms with Gasteiger partial charge in [-0.05, 0) is 50.2 Å². The van der Waals surface area contributed by atoms with Gasteiger partial charge >= 0.3 is 6.36 Å². The minimum absolute atomic E-state index is 0.182. The van der Waals surface area contributed by atoms with E-state index in [2.05, 4.69) is 15.0 Å². The average Bonchev–Trinajstić information content (AvgIpc) is 2.68. The third kappa shape index (κ3) is 5.12. The van der Waals surface area contributed by atoms with Gasteiger partial charge in [-0.15, -0.1) is 13.2 Å². The van der Waals surface area contributed by atoms with Crippen LogP contribution in [0.3, 0.4) is 0 Å². The predicted octanol–water partition coefficient (Wildman–Crippen LogP) is 4.43. The molecule has 1 atom stereocenters. The standard InChI is InChI=1S/C20H18F3N3O3S/c1-3-26-18(28)15-6-4-5-7-16(15)25-19(26)30-12(2)17(27)24-13-8-10-14(11-9-13)29-20(21,22)23/h4-12H,3H2,1-2H3,(H,24,27). The Hall–Kier alpha value is -3.01. The van der Waals surface area contributed by atoms with E-state index in [9.17, 15) is 22.8 Å². The molecule has 10 heteroatoms. The molecule has 0 fully saturated rings. The second-order valence-electron chi connectivity index (χ2n) is 6.28. The second kappa shape index (κ2) is 8.78. The molecule has 0 spiro atoms. The number of amides is 1. The quantitative estimate of drug-likeness (QED) is 0.456. The zero-order chi connectivity index (χ0) is 21.9. The van der Waals surface area contributed by atoms with Crippen LogP contribution in [0.1, 0.15) is 13.8 Å². The van der Waals surface area contributed by atoms with Crippen molar-refractivity contribution in [2.75, 3.05) is 5.32 Å². The van der Waals surface area contributed by atoms with E-state index in [0.29, 0.717) is 28.3 Å². The number of carbonyl (C=O) groups is 1. The molecule has 158 valence electrons. The highest BCUT2D eigenvalue weighted by atomic mass is 32.2. The van der Waals surface area contributed by atoms with Crippen molar-refractivity contribution in [2.24, 2.45) is 0 Å². The normalized spacial score (nSPS) is 12.6. The van der Waals surface area contributed by atoms with Crippen molar-refractivity contribution in [1.82, 2.24) is 9.55 Å². The number of halogens is 3. The average molecular weight is 437 g/mol. The van der Waals surface area contributed by atoms with Crippen LogP contribution >= 0.6 is 11.8 Å². The van der Waals surface area contributed by atoms with Crippen LogP contribution < -0.4 is 15.6 Å². The van der Waals surface area contributed by atoms with Crippen LogP contribution in [0.15, 0.2) is 58.5 Å². The number of rotatable bonds is 6. The largest absolute Gasteiger partial charge is 0.573 e. The molecule has 30 heavy (non-hydrogen) atoms. The van der Waals surface area contributed by atoms with E-state index in [1.807, 2.05) is 6.92 Å². The van der Waals surface area contributed by atoms with Gasteiger partial charge in [-0.1, -0.05) is 23.9 Å². The highest BCUT2D eigenvalue weighted by molar-refractivity contribution is 8.00. The van der Waals surface area contributed by atoms with Crippen LogP contribution in [0.2, 0.25) is 0 Å². The summed E-state index contributed by atoms with van der Waals surface area (Å²) >= 11 is 1.13. The number of hydrogen-bond donors (Lipinski definition) is 1. The summed E-state index contributed by atoms with van der Waals surface area (Å²) in [5, 5.41) is 2.94. The molecule has 2 aromatic carbocycles. The summed E-state index contributed by atoms with van der Waals surface area (Å²) in [6.45, 7) is 3.87. The number of nitrogens with one attached hydrogen (secondary N) is 1. The summed E-state index contributed by atoms with van der Waals surface area (Å²) in [6, 6.07) is 11.8. The molecule has 0 aliphatic heterocycles. The molecule has 0 aliphatic rings. The number of aromatic nitrogens is 2. The van der Waals surface area contributed by atoms with Crippen molar-refractivity contribution in [3.8, 4) is 5.75 Å². The highest BCUT2D eigenvalue weighted by Crippen LogP contribution is 2.26. The molecular weight excluding hydrogens is 419 g/mol. The zero-order valence-corrected chi connectivity index (χ0v) is 16.9. The van der Waals surface area contributed by atoms with Gasteiger partial charge in [0.1, 0.15) is 5.75 Å². The molecule has 1 aromatic heterocycles. The number of ether oxygens (including phenoxy) is 1. The lowest BCUT2D eigenvalue weighted by molar-refractivity contribution is -0.274. The molecule has 3 aromatic rings. The van der Waals surface area contributed by atoms with E-state index in [4.69, 9.17) is 0 Å². The van der Waals surface area contributed by atoms with Gasteiger partial charge in [0.25, 0.3) is 5.56 Å². The molecule has 1 unspecified atom stereocenters. The number of alkyl halides is 3. The molecule has 1 amide bonds. The Labute approximate surface area is 174 Å². The number of carbonyl (C=O) groups excluding carboxylic acids is 1. The Morgan fingerprint density at radius 2 is 1.87 bits per heavy atom. The Morgan fingerprint density at radius 3 is 2.50 bits per heavy atom. The topological polar surface area (TPSA) is 73.2 Å². The van der Waals surface area contributed by atoms with Gasteiger partial charge in [0, 0.05) is 12.2 Å². The van der Waals surface area contributed by atoms with Crippen LogP contribution in [-0.4, -0.2) is 27.1 Å². The minimum Gasteiger partial charge on any atom is -0.406 e. The summed E-state index contributed by atoms with van der Waals surface area (Å²) in [6.07, 6.45) is -4.78. The van der Waals surface area contributed by atoms with Crippen molar-refractivity contribution in [2.45, 2.75) is 37.2 Å². The smallest absolute Gasteiger partial charge is 0.406 e. The third-order valence-electron chi connectivity index (χ3n) is 4.15. The van der Waals surface area contributed by atoms with Crippen LogP contribution in [0.4, 0.5) is 18.9 Å². The molecule has 1 heterocycles. The van der Waals surface area contributed by atoms with Gasteiger partial charge in [0.2, 0.25) is 5.91 Å². The maximum Gasteiger partial charge on any atom is 0.573 e. The maximum atomic E-state index is 12.7. The van der Waals surface area contributed by atoms with Crippen molar-refractivity contribution in [3.05, 3.63) is 58.9 Å². The Balaban J connectivity index is 1.74. The summed E-state index contributed by atoms with van der Waals surface area (Å²) in [5.74, 6) is -0.759. The Morgan fingerprint density at radius 1 is 1.20 bits per heavy atom. The molecule has 6 nitrogen and oxygen atoms in total. The predicted molar refractivity (Wildman–Crippen MR) is 109 cm³/mol. The molecule has 0 radical (unpaired) electrons. The van der Waals surface area contributed by atoms with Crippen molar-refractivity contribution >= 4 is 34.3 Å². The summed E-state index contributed by atoms with van der Waals surface area (Å²) in [4.78, 5) is 29.7. The Bertz CT molecular complexity index is 1110. The van der Waals surface area contributed by atoms with Crippen LogP contribution in [0.5, 0.6) is 5.75 Å². The fraction of sp³-hybridized carbons (Fsp3) is 0.250. The van der Waals surface area contributed by atoms with E-state index in [-0.39, 0.29) is 17.2 Å². The van der Waals surface area contributed by atoms with E-state index >= 15 is 0 Å². The fourth-order valence-corrected chi connectivity index (χ4v) is 3.68. The molecule has 1 N–H and O–H groups in total. The highest BCUT2D eigenvalue weighted by Gasteiger charge is 2.31. The molecule has 0 aliphatic carbocycles. The van der Waals surface area contributed by atoms with Crippen molar-refractivity contribution in [1.29, 1.82) is 0 Å². The van der Waals surface area contributed by atoms with Crippen molar-refractivity contribution < 1.29 is 22.7 Å². The number of anilines is 1. The van der Waals surface area contributed by atoms with Gasteiger partial charge in [-0.2, -0.15) is 0 Å². The first kappa shape index (κ1) is 21.7. The zero-order valence-electron chi connectivity index (χ0n) is 16.1. The van der Waals surface area contributed by atoms with E-state index in [1.54, 1.807) is 31.2 Å². The lowest BCUT2D eigenvalue weighted by Crippen LogP contribution is -2.26. The van der Waals surface area contributed by atoms with E-state index in [1.165, 1.54) is 16.7 Å². The SMILES string of the molecule is CCn1c(SC(C)C(=O)Nc2ccc(OC(F)(F)F)cc2)nc2ccccc2c1=O. The van der Waals surface area contributed by atoms with E-state index in [0.717, 1.165) is 23.9 Å². The van der Waals surface area contributed by atoms with Crippen LogP contribution in [-0.2, 0) is 11.3 Å². The number of benzene rings is 2. The lowest BCUT2D eigenvalue weighted by Gasteiger charge is -2.15. The number of thioether (sulfide) groups is 1. The Kier molecular flexibility index (Phi) is 6.35. The van der Waals surface area contributed by atoms with Crippen LogP contribution in [0.25, 0.3) is 10.9 Å². The maximum absolute atomic E-state index is 12.7. The molecule has 0 bridgehead atoms. The lowest BCUT2D eigenvalue weighted by atomic mass is 10.2. The molecular formula is C20H18F3N3O3S. The molecule has 3 rings (SSSR count). The van der Waals surface area contributed by atoms with Gasteiger partial charge in [0.15, 0.2) is 5.16 Å². The summed E-state index contributed by atoms with van der Waals surface area (Å²) in [7, 11) is 0. The third-order valence-corrected chi connectivity index (χ3v) is 5.24. The molecule has 0 saturated carbocycles. The van der Waals surface area contributed by atoms with Gasteiger partial charge in [-0.25, -0.2) is 4.98 Å². The fourth-order valence-electron chi connectivity index (χ4n) is 2.71. The monoisotopic (exact) mass is 437 g/mol. The first-order chi connectivity index (χ1) is 14.2. The van der Waals surface area contributed by atoms with Crippen molar-refractivity contribution in [3.63, 3.8) is 0 Å². The molecule has 0 saturated heterocycles. The number of fused-ring (bicyclic) bond motifs is 1. The minimum atomic E-state index is -4.78. The van der Waals surface area contributed by atoms with Gasteiger partial charge in [0.05, 0.1) is 16.2 Å². The first-order valence-corrected chi connectivity index (χ1v) is 9.89. The van der Waals surface area contributed by atoms with Gasteiger partial charge < -0.3 is 10.1 Å². The summed E-state index contributed by atoms with van der Waals surface area (Å²) in [5.41, 5.74) is 0.683. The first-order valence-electron chi connectivity index (χ1n) is 9.01. The number of nitrogens with zero attached hydrogens (tertiary/aromatic N) is 2. The number of hydrogen-bond acceptors (Lipinski definition) is 5. The second-order valence-corrected chi connectivity index (χ2v) is 7.59. The number of para-hydroxylation sites is 1.